The average Bonchev–Trinajstić information content (AvgIpc) is 2.91. The van der Waals surface area contributed by atoms with Crippen molar-refractivity contribution in [3.05, 3.63) is 11.6 Å². The van der Waals surface area contributed by atoms with Gasteiger partial charge in [-0.05, 0) is 78.8 Å². The summed E-state index contributed by atoms with van der Waals surface area (Å²) in [7, 11) is 0. The summed E-state index contributed by atoms with van der Waals surface area (Å²) >= 11 is 0. The molecule has 0 aromatic rings. The van der Waals surface area contributed by atoms with Crippen molar-refractivity contribution in [1.29, 1.82) is 0 Å². The summed E-state index contributed by atoms with van der Waals surface area (Å²) in [5.74, 6) is 0.353. The van der Waals surface area contributed by atoms with Gasteiger partial charge in [0.1, 0.15) is 0 Å². The SMILES string of the molecule is C[C@]12CC[C@H]3[C@@H](C/C(=N\OCC(=O)O)C4=CC(=O)CC[C@@]43C)[C@@H]1CC[C@@H]2O. The van der Waals surface area contributed by atoms with Crippen molar-refractivity contribution < 1.29 is 24.6 Å². The number of carbonyl (C=O) groups is 2. The molecule has 6 heteroatoms. The van der Waals surface area contributed by atoms with Crippen molar-refractivity contribution in [1.82, 2.24) is 0 Å². The highest BCUT2D eigenvalue weighted by Gasteiger charge is 2.60. The van der Waals surface area contributed by atoms with Crippen molar-refractivity contribution >= 4 is 17.5 Å². The van der Waals surface area contributed by atoms with Gasteiger partial charge in [0.25, 0.3) is 0 Å². The molecule has 3 saturated carbocycles. The molecule has 6 atom stereocenters. The first-order valence-electron chi connectivity index (χ1n) is 10.1. The van der Waals surface area contributed by atoms with Gasteiger partial charge in [-0.1, -0.05) is 19.0 Å². The van der Waals surface area contributed by atoms with Gasteiger partial charge in [0.2, 0.25) is 6.61 Å². The first kappa shape index (κ1) is 18.7. The summed E-state index contributed by atoms with van der Waals surface area (Å²) in [5, 5.41) is 23.6. The predicted octanol–water partition coefficient (Wildman–Crippen LogP) is 2.95. The van der Waals surface area contributed by atoms with Crippen molar-refractivity contribution in [3.63, 3.8) is 0 Å². The highest BCUT2D eigenvalue weighted by atomic mass is 16.6. The Balaban J connectivity index is 1.72. The van der Waals surface area contributed by atoms with Crippen LogP contribution in [0.3, 0.4) is 0 Å². The lowest BCUT2D eigenvalue weighted by Gasteiger charge is -2.57. The summed E-state index contributed by atoms with van der Waals surface area (Å²) < 4.78 is 0. The van der Waals surface area contributed by atoms with E-state index in [-0.39, 0.29) is 22.7 Å². The predicted molar refractivity (Wildman–Crippen MR) is 99.1 cm³/mol. The van der Waals surface area contributed by atoms with Crippen molar-refractivity contribution in [2.45, 2.75) is 64.9 Å². The molecule has 0 unspecified atom stereocenters. The molecular weight excluding hydrogens is 346 g/mol. The monoisotopic (exact) mass is 375 g/mol. The van der Waals surface area contributed by atoms with E-state index in [9.17, 15) is 14.7 Å². The van der Waals surface area contributed by atoms with E-state index in [4.69, 9.17) is 9.94 Å². The number of aliphatic hydroxyl groups excluding tert-OH is 1. The number of aliphatic hydroxyl groups is 1. The Labute approximate surface area is 159 Å². The molecule has 0 aromatic heterocycles. The van der Waals surface area contributed by atoms with Crippen LogP contribution in [0.4, 0.5) is 0 Å². The van der Waals surface area contributed by atoms with Gasteiger partial charge in [0.05, 0.1) is 11.8 Å². The molecule has 0 bridgehead atoms. The number of oxime groups is 1. The highest BCUT2D eigenvalue weighted by Crippen LogP contribution is 2.64. The lowest BCUT2D eigenvalue weighted by molar-refractivity contribution is -0.142. The molecule has 0 spiro atoms. The number of carbonyl (C=O) groups excluding carboxylic acids is 1. The first-order chi connectivity index (χ1) is 12.8. The zero-order valence-electron chi connectivity index (χ0n) is 16.1. The topological polar surface area (TPSA) is 96.2 Å². The average molecular weight is 375 g/mol. The maximum absolute atomic E-state index is 12.1. The Kier molecular flexibility index (Phi) is 4.45. The number of ketones is 1. The van der Waals surface area contributed by atoms with Crippen LogP contribution in [0.2, 0.25) is 0 Å². The Morgan fingerprint density at radius 2 is 2.04 bits per heavy atom. The third-order valence-corrected chi connectivity index (χ3v) is 8.12. The van der Waals surface area contributed by atoms with E-state index in [1.807, 2.05) is 0 Å². The molecule has 148 valence electrons. The number of carboxylic acids is 1. The van der Waals surface area contributed by atoms with Gasteiger partial charge >= 0.3 is 5.97 Å². The van der Waals surface area contributed by atoms with Crippen LogP contribution < -0.4 is 0 Å². The minimum Gasteiger partial charge on any atom is -0.479 e. The summed E-state index contributed by atoms with van der Waals surface area (Å²) in [4.78, 5) is 28.0. The van der Waals surface area contributed by atoms with Crippen LogP contribution in [0.1, 0.15) is 58.8 Å². The van der Waals surface area contributed by atoms with E-state index in [0.717, 1.165) is 43.4 Å². The number of carboxylic acid groups (broad SMARTS) is 1. The number of hydrogen-bond donors (Lipinski definition) is 2. The molecule has 2 N–H and O–H groups in total. The van der Waals surface area contributed by atoms with Crippen molar-refractivity contribution in [2.24, 2.45) is 33.7 Å². The molecule has 4 rings (SSSR count). The third-order valence-electron chi connectivity index (χ3n) is 8.12. The summed E-state index contributed by atoms with van der Waals surface area (Å²) in [6, 6.07) is 0. The van der Waals surface area contributed by atoms with Crippen LogP contribution in [0.25, 0.3) is 0 Å². The van der Waals surface area contributed by atoms with Gasteiger partial charge in [-0.3, -0.25) is 4.79 Å². The van der Waals surface area contributed by atoms with Gasteiger partial charge in [-0.2, -0.15) is 0 Å². The lowest BCUT2D eigenvalue weighted by Crippen LogP contribution is -2.53. The molecule has 0 aromatic carbocycles. The van der Waals surface area contributed by atoms with E-state index in [0.29, 0.717) is 30.6 Å². The molecule has 0 aliphatic heterocycles. The number of rotatable bonds is 3. The van der Waals surface area contributed by atoms with Gasteiger partial charge < -0.3 is 15.1 Å². The fraction of sp³-hybridized carbons (Fsp3) is 0.762. The number of fused-ring (bicyclic) bond motifs is 5. The fourth-order valence-corrected chi connectivity index (χ4v) is 6.63. The number of hydrogen-bond acceptors (Lipinski definition) is 5. The van der Waals surface area contributed by atoms with Gasteiger partial charge in [-0.15, -0.1) is 0 Å². The maximum Gasteiger partial charge on any atom is 0.344 e. The molecule has 0 radical (unpaired) electrons. The summed E-state index contributed by atoms with van der Waals surface area (Å²) in [6.07, 6.45) is 7.50. The summed E-state index contributed by atoms with van der Waals surface area (Å²) in [6.45, 7) is 3.99. The highest BCUT2D eigenvalue weighted by molar-refractivity contribution is 6.08. The zero-order valence-corrected chi connectivity index (χ0v) is 16.1. The molecule has 4 aliphatic carbocycles. The number of nitrogens with zero attached hydrogens (tertiary/aromatic N) is 1. The fourth-order valence-electron chi connectivity index (χ4n) is 6.63. The normalized spacial score (nSPS) is 44.9. The molecule has 0 amide bonds. The van der Waals surface area contributed by atoms with Crippen LogP contribution >= 0.6 is 0 Å². The second-order valence-electron chi connectivity index (χ2n) is 9.37. The molecule has 27 heavy (non-hydrogen) atoms. The molecule has 4 aliphatic rings. The van der Waals surface area contributed by atoms with E-state index >= 15 is 0 Å². The van der Waals surface area contributed by atoms with Crippen molar-refractivity contribution in [2.75, 3.05) is 6.61 Å². The Bertz CT molecular complexity index is 728. The first-order valence-corrected chi connectivity index (χ1v) is 10.1. The molecule has 0 saturated heterocycles. The molecule has 0 heterocycles. The Hall–Kier alpha value is -1.69. The minimum absolute atomic E-state index is 0.0454. The standard InChI is InChI=1S/C21H29NO5/c1-20-7-5-12(23)9-16(20)17(22-27-11-19(25)26)10-13-14-3-4-18(24)21(14,2)8-6-15(13)20/h9,13-15,18,24H,3-8,10-11H2,1-2H3,(H,25,26)/b22-17+/t13-,14-,15-,18-,20+,21-/m0/s1. The van der Waals surface area contributed by atoms with Crippen LogP contribution in [-0.2, 0) is 14.4 Å². The molecular formula is C21H29NO5. The summed E-state index contributed by atoms with van der Waals surface area (Å²) in [5.41, 5.74) is 1.51. The lowest BCUT2D eigenvalue weighted by atomic mass is 9.47. The van der Waals surface area contributed by atoms with Crippen molar-refractivity contribution in [3.8, 4) is 0 Å². The van der Waals surface area contributed by atoms with Gasteiger partial charge in [0, 0.05) is 6.42 Å². The van der Waals surface area contributed by atoms with E-state index < -0.39 is 12.6 Å². The van der Waals surface area contributed by atoms with E-state index in [2.05, 4.69) is 19.0 Å². The van der Waals surface area contributed by atoms with Crippen LogP contribution in [0, 0.1) is 28.6 Å². The van der Waals surface area contributed by atoms with Crippen LogP contribution in [0.15, 0.2) is 16.8 Å². The van der Waals surface area contributed by atoms with E-state index in [1.54, 1.807) is 6.08 Å². The largest absolute Gasteiger partial charge is 0.479 e. The van der Waals surface area contributed by atoms with E-state index in [1.165, 1.54) is 0 Å². The third kappa shape index (κ3) is 2.84. The Morgan fingerprint density at radius 1 is 1.26 bits per heavy atom. The quantitative estimate of drug-likeness (QED) is 0.740. The number of allylic oxidation sites excluding steroid dienone is 1. The molecule has 3 fully saturated rings. The van der Waals surface area contributed by atoms with Gasteiger partial charge in [0.15, 0.2) is 5.78 Å². The van der Waals surface area contributed by atoms with Crippen LogP contribution in [-0.4, -0.2) is 40.4 Å². The van der Waals surface area contributed by atoms with Crippen LogP contribution in [0.5, 0.6) is 0 Å². The Morgan fingerprint density at radius 3 is 2.78 bits per heavy atom. The smallest absolute Gasteiger partial charge is 0.344 e. The minimum atomic E-state index is -1.06. The van der Waals surface area contributed by atoms with Gasteiger partial charge in [-0.25, -0.2) is 4.79 Å². The maximum atomic E-state index is 12.1. The number of aliphatic carboxylic acids is 1. The zero-order chi connectivity index (χ0) is 19.4. The second-order valence-corrected chi connectivity index (χ2v) is 9.37. The molecule has 6 nitrogen and oxygen atoms in total. The second kappa shape index (κ2) is 6.43.